The zero-order chi connectivity index (χ0) is 16.1. The van der Waals surface area contributed by atoms with Gasteiger partial charge in [-0.15, -0.1) is 0 Å². The van der Waals surface area contributed by atoms with Crippen LogP contribution in [0.4, 0.5) is 5.69 Å². The van der Waals surface area contributed by atoms with Gasteiger partial charge in [0.15, 0.2) is 0 Å². The normalized spacial score (nSPS) is 16.5. The Morgan fingerprint density at radius 1 is 1.27 bits per heavy atom. The van der Waals surface area contributed by atoms with Crippen molar-refractivity contribution in [1.82, 2.24) is 4.90 Å². The van der Waals surface area contributed by atoms with Crippen LogP contribution >= 0.6 is 0 Å². The molecule has 1 aliphatic heterocycles. The highest BCUT2D eigenvalue weighted by Gasteiger charge is 2.24. The molecule has 118 valence electrons. The van der Waals surface area contributed by atoms with Gasteiger partial charge >= 0.3 is 0 Å². The minimum atomic E-state index is -0.579. The van der Waals surface area contributed by atoms with Crippen molar-refractivity contribution >= 4 is 11.6 Å². The van der Waals surface area contributed by atoms with Gasteiger partial charge in [-0.05, 0) is 18.1 Å². The Hall–Kier alpha value is -2.06. The van der Waals surface area contributed by atoms with E-state index in [9.17, 15) is 15.2 Å². The summed E-state index contributed by atoms with van der Waals surface area (Å²) < 4.78 is 0. The number of para-hydroxylation sites is 1. The van der Waals surface area contributed by atoms with Crippen LogP contribution in [0.1, 0.15) is 25.8 Å². The number of hydrogen-bond acceptors (Lipinski definition) is 4. The largest absolute Gasteiger partial charge is 0.392 e. The fourth-order valence-corrected chi connectivity index (χ4v) is 2.58. The van der Waals surface area contributed by atoms with E-state index < -0.39 is 6.10 Å². The molecule has 5 nitrogen and oxygen atoms in total. The Bertz CT molecular complexity index is 557. The second-order valence-corrected chi connectivity index (χ2v) is 6.01. The molecule has 0 aliphatic carbocycles. The number of benzene rings is 1. The summed E-state index contributed by atoms with van der Waals surface area (Å²) in [6.07, 6.45) is -0.392. The van der Waals surface area contributed by atoms with Crippen LogP contribution in [0, 0.1) is 17.2 Å². The van der Waals surface area contributed by atoms with Crippen LogP contribution in [0.3, 0.4) is 0 Å². The molecule has 1 unspecified atom stereocenters. The van der Waals surface area contributed by atoms with Gasteiger partial charge in [0.25, 0.3) is 0 Å². The third-order valence-corrected chi connectivity index (χ3v) is 4.15. The second-order valence-electron chi connectivity index (χ2n) is 6.01. The number of rotatable bonds is 4. The number of nitriles is 1. The van der Waals surface area contributed by atoms with E-state index in [0.717, 1.165) is 5.69 Å². The first kappa shape index (κ1) is 16.3. The van der Waals surface area contributed by atoms with E-state index in [1.807, 2.05) is 38.1 Å². The summed E-state index contributed by atoms with van der Waals surface area (Å²) in [6.45, 7) is 6.50. The number of nitrogens with zero attached hydrogens (tertiary/aromatic N) is 3. The number of anilines is 1. The van der Waals surface area contributed by atoms with Gasteiger partial charge in [-0.3, -0.25) is 4.79 Å². The first-order chi connectivity index (χ1) is 10.5. The van der Waals surface area contributed by atoms with Crippen LogP contribution in [0.15, 0.2) is 24.3 Å². The van der Waals surface area contributed by atoms with Crippen LogP contribution < -0.4 is 4.90 Å². The highest BCUT2D eigenvalue weighted by atomic mass is 16.3. The highest BCUT2D eigenvalue weighted by molar-refractivity contribution is 5.77. The van der Waals surface area contributed by atoms with Gasteiger partial charge in [-0.2, -0.15) is 5.26 Å². The molecular formula is C17H23N3O2. The Labute approximate surface area is 131 Å². The zero-order valence-corrected chi connectivity index (χ0v) is 13.2. The number of aliphatic hydroxyl groups is 1. The van der Waals surface area contributed by atoms with Crippen molar-refractivity contribution in [3.63, 3.8) is 0 Å². The van der Waals surface area contributed by atoms with Crippen molar-refractivity contribution in [2.45, 2.75) is 26.4 Å². The lowest BCUT2D eigenvalue weighted by Crippen LogP contribution is -2.49. The standard InChI is InChI=1S/C17H23N3O2/c1-13(2)16(21)11-17(22)20-9-7-19(8-10-20)15-6-4-3-5-14(15)12-18/h3-6,13,16,21H,7-11H2,1-2H3. The number of piperazine rings is 1. The number of amides is 1. The van der Waals surface area contributed by atoms with Crippen LogP contribution in [-0.4, -0.2) is 48.2 Å². The van der Waals surface area contributed by atoms with E-state index >= 15 is 0 Å². The predicted molar refractivity (Wildman–Crippen MR) is 85.4 cm³/mol. The molecule has 1 aromatic rings. The van der Waals surface area contributed by atoms with E-state index in [-0.39, 0.29) is 18.2 Å². The zero-order valence-electron chi connectivity index (χ0n) is 13.2. The van der Waals surface area contributed by atoms with Gasteiger partial charge in [-0.1, -0.05) is 26.0 Å². The molecule has 2 rings (SSSR count). The first-order valence-corrected chi connectivity index (χ1v) is 7.73. The molecule has 1 aliphatic rings. The van der Waals surface area contributed by atoms with Crippen molar-refractivity contribution in [3.8, 4) is 6.07 Å². The smallest absolute Gasteiger partial charge is 0.225 e. The molecule has 0 radical (unpaired) electrons. The summed E-state index contributed by atoms with van der Waals surface area (Å²) in [5.41, 5.74) is 1.59. The minimum Gasteiger partial charge on any atom is -0.392 e. The quantitative estimate of drug-likeness (QED) is 0.917. The van der Waals surface area contributed by atoms with Crippen LogP contribution in [0.25, 0.3) is 0 Å². The maximum absolute atomic E-state index is 12.2. The monoisotopic (exact) mass is 301 g/mol. The van der Waals surface area contributed by atoms with Crippen molar-refractivity contribution in [3.05, 3.63) is 29.8 Å². The summed E-state index contributed by atoms with van der Waals surface area (Å²) >= 11 is 0. The molecule has 1 aromatic carbocycles. The van der Waals surface area contributed by atoms with Gasteiger partial charge in [0.2, 0.25) is 5.91 Å². The molecule has 5 heteroatoms. The fraction of sp³-hybridized carbons (Fsp3) is 0.529. The van der Waals surface area contributed by atoms with Gasteiger partial charge in [0, 0.05) is 26.2 Å². The molecule has 22 heavy (non-hydrogen) atoms. The molecule has 1 fully saturated rings. The van der Waals surface area contributed by atoms with Crippen molar-refractivity contribution in [1.29, 1.82) is 5.26 Å². The molecule has 1 N–H and O–H groups in total. The number of carbonyl (C=O) groups excluding carboxylic acids is 1. The number of aliphatic hydroxyl groups excluding tert-OH is 1. The fourth-order valence-electron chi connectivity index (χ4n) is 2.58. The molecule has 0 saturated carbocycles. The van der Waals surface area contributed by atoms with Gasteiger partial charge in [0.05, 0.1) is 23.8 Å². The SMILES string of the molecule is CC(C)C(O)CC(=O)N1CCN(c2ccccc2C#N)CC1. The van der Waals surface area contributed by atoms with Crippen molar-refractivity contribution in [2.24, 2.45) is 5.92 Å². The lowest BCUT2D eigenvalue weighted by atomic mass is 10.0. The van der Waals surface area contributed by atoms with E-state index in [1.54, 1.807) is 4.90 Å². The predicted octanol–water partition coefficient (Wildman–Crippen LogP) is 1.61. The molecule has 1 atom stereocenters. The molecule has 1 saturated heterocycles. The third kappa shape index (κ3) is 3.77. The van der Waals surface area contributed by atoms with Crippen LogP contribution in [-0.2, 0) is 4.79 Å². The van der Waals surface area contributed by atoms with Crippen molar-refractivity contribution < 1.29 is 9.90 Å². The second kappa shape index (κ2) is 7.28. The Kier molecular flexibility index (Phi) is 5.40. The summed E-state index contributed by atoms with van der Waals surface area (Å²) in [5.74, 6) is 0.0992. The minimum absolute atomic E-state index is 0.00872. The van der Waals surface area contributed by atoms with Gasteiger partial charge < -0.3 is 14.9 Å². The molecule has 0 bridgehead atoms. The molecule has 0 aromatic heterocycles. The topological polar surface area (TPSA) is 67.6 Å². The maximum atomic E-state index is 12.2. The van der Waals surface area contributed by atoms with E-state index in [1.165, 1.54) is 0 Å². The Morgan fingerprint density at radius 3 is 2.50 bits per heavy atom. The maximum Gasteiger partial charge on any atom is 0.225 e. The van der Waals surface area contributed by atoms with Gasteiger partial charge in [0.1, 0.15) is 6.07 Å². The Balaban J connectivity index is 1.93. The number of hydrogen-bond donors (Lipinski definition) is 1. The highest BCUT2D eigenvalue weighted by Crippen LogP contribution is 2.21. The molecular weight excluding hydrogens is 278 g/mol. The van der Waals surface area contributed by atoms with E-state index in [2.05, 4.69) is 11.0 Å². The van der Waals surface area contributed by atoms with E-state index in [0.29, 0.717) is 31.7 Å². The van der Waals surface area contributed by atoms with Gasteiger partial charge in [-0.25, -0.2) is 0 Å². The van der Waals surface area contributed by atoms with E-state index in [4.69, 9.17) is 0 Å². The van der Waals surface area contributed by atoms with Crippen LogP contribution in [0.2, 0.25) is 0 Å². The Morgan fingerprint density at radius 2 is 1.91 bits per heavy atom. The lowest BCUT2D eigenvalue weighted by Gasteiger charge is -2.37. The number of carbonyl (C=O) groups is 1. The molecule has 0 spiro atoms. The average molecular weight is 301 g/mol. The summed E-state index contributed by atoms with van der Waals surface area (Å²) in [6, 6.07) is 9.74. The molecule has 1 heterocycles. The summed E-state index contributed by atoms with van der Waals surface area (Å²) in [4.78, 5) is 16.1. The van der Waals surface area contributed by atoms with Crippen LogP contribution in [0.5, 0.6) is 0 Å². The molecule has 1 amide bonds. The average Bonchev–Trinajstić information content (AvgIpc) is 2.54. The summed E-state index contributed by atoms with van der Waals surface area (Å²) in [5, 5.41) is 19.0. The summed E-state index contributed by atoms with van der Waals surface area (Å²) in [7, 11) is 0. The third-order valence-electron chi connectivity index (χ3n) is 4.15. The lowest BCUT2D eigenvalue weighted by molar-refractivity contribution is -0.134. The van der Waals surface area contributed by atoms with Crippen molar-refractivity contribution in [2.75, 3.05) is 31.1 Å². The first-order valence-electron chi connectivity index (χ1n) is 7.73.